The van der Waals surface area contributed by atoms with Gasteiger partial charge >= 0.3 is 0 Å². The van der Waals surface area contributed by atoms with E-state index in [9.17, 15) is 15.3 Å². The highest BCUT2D eigenvalue weighted by molar-refractivity contribution is 5.49. The molecule has 18 heavy (non-hydrogen) atoms. The highest BCUT2D eigenvalue weighted by Crippen LogP contribution is 2.31. The lowest BCUT2D eigenvalue weighted by atomic mass is 9.96. The van der Waals surface area contributed by atoms with Crippen molar-refractivity contribution < 1.29 is 15.3 Å². The molecular weight excluding hydrogens is 228 g/mol. The van der Waals surface area contributed by atoms with Crippen LogP contribution in [0.1, 0.15) is 22.3 Å². The van der Waals surface area contributed by atoms with Crippen LogP contribution in [0.3, 0.4) is 0 Å². The molecule has 2 rings (SSSR count). The molecule has 3 N–H and O–H groups in total. The molecule has 0 amide bonds. The fourth-order valence-corrected chi connectivity index (χ4v) is 1.97. The van der Waals surface area contributed by atoms with Gasteiger partial charge < -0.3 is 15.3 Å². The van der Waals surface area contributed by atoms with Gasteiger partial charge in [-0.2, -0.15) is 0 Å². The van der Waals surface area contributed by atoms with Crippen molar-refractivity contribution in [1.29, 1.82) is 0 Å². The van der Waals surface area contributed by atoms with E-state index >= 15 is 0 Å². The van der Waals surface area contributed by atoms with Gasteiger partial charge in [0, 0.05) is 18.1 Å². The smallest absolute Gasteiger partial charge is 0.122 e. The molecule has 0 saturated carbocycles. The molecule has 0 atom stereocenters. The Kier molecular flexibility index (Phi) is 3.15. The topological polar surface area (TPSA) is 60.7 Å². The largest absolute Gasteiger partial charge is 0.508 e. The van der Waals surface area contributed by atoms with E-state index in [1.165, 1.54) is 12.1 Å². The van der Waals surface area contributed by atoms with Gasteiger partial charge in [0.1, 0.15) is 17.2 Å². The SMILES string of the molecule is Cc1ccc(C)c(Cc2ccc(O)cc2O)c1O. The number of benzene rings is 2. The minimum atomic E-state index is 0.0291. The van der Waals surface area contributed by atoms with Crippen molar-refractivity contribution in [3.8, 4) is 17.2 Å². The van der Waals surface area contributed by atoms with E-state index in [1.807, 2.05) is 26.0 Å². The predicted molar refractivity (Wildman–Crippen MR) is 70.2 cm³/mol. The maximum Gasteiger partial charge on any atom is 0.122 e. The van der Waals surface area contributed by atoms with Crippen LogP contribution in [0, 0.1) is 13.8 Å². The summed E-state index contributed by atoms with van der Waals surface area (Å²) in [7, 11) is 0. The van der Waals surface area contributed by atoms with Gasteiger partial charge in [-0.25, -0.2) is 0 Å². The first-order valence-electron chi connectivity index (χ1n) is 5.78. The van der Waals surface area contributed by atoms with Crippen molar-refractivity contribution in [3.63, 3.8) is 0 Å². The lowest BCUT2D eigenvalue weighted by Crippen LogP contribution is -1.95. The standard InChI is InChI=1S/C15H16O3/c1-9-3-4-10(2)15(18)13(9)7-11-5-6-12(16)8-14(11)17/h3-6,8,16-18H,7H2,1-2H3. The van der Waals surface area contributed by atoms with E-state index in [0.29, 0.717) is 12.0 Å². The second kappa shape index (κ2) is 4.61. The molecule has 0 spiro atoms. The summed E-state index contributed by atoms with van der Waals surface area (Å²) in [4.78, 5) is 0. The summed E-state index contributed by atoms with van der Waals surface area (Å²) < 4.78 is 0. The first kappa shape index (κ1) is 12.3. The van der Waals surface area contributed by atoms with E-state index in [-0.39, 0.29) is 17.2 Å². The fraction of sp³-hybridized carbons (Fsp3) is 0.200. The summed E-state index contributed by atoms with van der Waals surface area (Å²) in [6, 6.07) is 8.30. The van der Waals surface area contributed by atoms with Crippen molar-refractivity contribution in [2.75, 3.05) is 0 Å². The summed E-state index contributed by atoms with van der Waals surface area (Å²) >= 11 is 0. The molecule has 0 aliphatic rings. The third kappa shape index (κ3) is 2.25. The van der Waals surface area contributed by atoms with Crippen LogP contribution in [-0.4, -0.2) is 15.3 Å². The van der Waals surface area contributed by atoms with Crippen LogP contribution in [0.15, 0.2) is 30.3 Å². The van der Waals surface area contributed by atoms with Gasteiger partial charge in [0.05, 0.1) is 0 Å². The minimum absolute atomic E-state index is 0.0291. The zero-order chi connectivity index (χ0) is 13.3. The van der Waals surface area contributed by atoms with E-state index in [4.69, 9.17) is 0 Å². The number of hydrogen-bond donors (Lipinski definition) is 3. The molecule has 3 nitrogen and oxygen atoms in total. The Balaban J connectivity index is 2.43. The van der Waals surface area contributed by atoms with Crippen molar-refractivity contribution in [3.05, 3.63) is 52.6 Å². The molecule has 94 valence electrons. The van der Waals surface area contributed by atoms with Crippen molar-refractivity contribution in [1.82, 2.24) is 0 Å². The third-order valence-electron chi connectivity index (χ3n) is 3.15. The highest BCUT2D eigenvalue weighted by Gasteiger charge is 2.11. The zero-order valence-electron chi connectivity index (χ0n) is 10.4. The van der Waals surface area contributed by atoms with Crippen molar-refractivity contribution >= 4 is 0 Å². The summed E-state index contributed by atoms with van der Waals surface area (Å²) in [5.74, 6) is 0.333. The van der Waals surface area contributed by atoms with Gasteiger partial charge in [-0.3, -0.25) is 0 Å². The highest BCUT2D eigenvalue weighted by atomic mass is 16.3. The Labute approximate surface area is 106 Å². The number of rotatable bonds is 2. The second-order valence-electron chi connectivity index (χ2n) is 4.52. The summed E-state index contributed by atoms with van der Waals surface area (Å²) in [5.41, 5.74) is 3.27. The summed E-state index contributed by atoms with van der Waals surface area (Å²) in [6.45, 7) is 3.76. The quantitative estimate of drug-likeness (QED) is 0.761. The number of aryl methyl sites for hydroxylation is 2. The Morgan fingerprint density at radius 2 is 1.56 bits per heavy atom. The lowest BCUT2D eigenvalue weighted by Gasteiger charge is -2.12. The van der Waals surface area contributed by atoms with Crippen LogP contribution in [0.5, 0.6) is 17.2 Å². The van der Waals surface area contributed by atoms with Crippen LogP contribution in [0.2, 0.25) is 0 Å². The molecule has 2 aromatic rings. The first-order chi connectivity index (χ1) is 8.49. The summed E-state index contributed by atoms with van der Waals surface area (Å²) in [5, 5.41) is 29.1. The molecule has 0 heterocycles. The Morgan fingerprint density at radius 1 is 0.889 bits per heavy atom. The number of phenols is 3. The average Bonchev–Trinajstić information content (AvgIpc) is 2.32. The molecule has 3 heteroatoms. The van der Waals surface area contributed by atoms with Crippen molar-refractivity contribution in [2.24, 2.45) is 0 Å². The monoisotopic (exact) mass is 244 g/mol. The second-order valence-corrected chi connectivity index (χ2v) is 4.52. The molecule has 0 bridgehead atoms. The molecule has 0 aliphatic carbocycles. The molecule has 2 aromatic carbocycles. The summed E-state index contributed by atoms with van der Waals surface area (Å²) in [6.07, 6.45) is 0.436. The van der Waals surface area contributed by atoms with Crippen LogP contribution in [0.4, 0.5) is 0 Å². The molecular formula is C15H16O3. The zero-order valence-corrected chi connectivity index (χ0v) is 10.4. The normalized spacial score (nSPS) is 10.6. The molecule has 0 unspecified atom stereocenters. The van der Waals surface area contributed by atoms with Gasteiger partial charge in [0.25, 0.3) is 0 Å². The van der Waals surface area contributed by atoms with E-state index in [2.05, 4.69) is 0 Å². The first-order valence-corrected chi connectivity index (χ1v) is 5.78. The molecule has 0 radical (unpaired) electrons. The van der Waals surface area contributed by atoms with E-state index < -0.39 is 0 Å². The molecule has 0 saturated heterocycles. The van der Waals surface area contributed by atoms with E-state index in [1.54, 1.807) is 6.07 Å². The van der Waals surface area contributed by atoms with Gasteiger partial charge in [-0.1, -0.05) is 18.2 Å². The van der Waals surface area contributed by atoms with Gasteiger partial charge in [-0.05, 0) is 36.6 Å². The number of aromatic hydroxyl groups is 3. The van der Waals surface area contributed by atoms with Crippen LogP contribution < -0.4 is 0 Å². The Hall–Kier alpha value is -2.16. The Morgan fingerprint density at radius 3 is 2.22 bits per heavy atom. The van der Waals surface area contributed by atoms with Crippen LogP contribution >= 0.6 is 0 Å². The molecule has 0 aliphatic heterocycles. The average molecular weight is 244 g/mol. The minimum Gasteiger partial charge on any atom is -0.508 e. The lowest BCUT2D eigenvalue weighted by molar-refractivity contribution is 0.445. The number of hydrogen-bond acceptors (Lipinski definition) is 3. The van der Waals surface area contributed by atoms with E-state index in [0.717, 1.165) is 16.7 Å². The third-order valence-corrected chi connectivity index (χ3v) is 3.15. The number of phenolic OH excluding ortho intramolecular Hbond substituents is 3. The van der Waals surface area contributed by atoms with Crippen molar-refractivity contribution in [2.45, 2.75) is 20.3 Å². The maximum absolute atomic E-state index is 10.1. The van der Waals surface area contributed by atoms with Crippen LogP contribution in [0.25, 0.3) is 0 Å². The van der Waals surface area contributed by atoms with Gasteiger partial charge in [-0.15, -0.1) is 0 Å². The van der Waals surface area contributed by atoms with Crippen LogP contribution in [-0.2, 0) is 6.42 Å². The van der Waals surface area contributed by atoms with Gasteiger partial charge in [0.2, 0.25) is 0 Å². The molecule has 0 fully saturated rings. The Bertz CT molecular complexity index is 589. The maximum atomic E-state index is 10.1. The molecule has 0 aromatic heterocycles. The predicted octanol–water partition coefficient (Wildman–Crippen LogP) is 3.01. The van der Waals surface area contributed by atoms with Gasteiger partial charge in [0.15, 0.2) is 0 Å². The fourth-order valence-electron chi connectivity index (χ4n) is 1.97.